The fourth-order valence-corrected chi connectivity index (χ4v) is 2.66. The van der Waals surface area contributed by atoms with Gasteiger partial charge in [-0.15, -0.1) is 0 Å². The molecule has 0 spiro atoms. The first-order valence-electron chi connectivity index (χ1n) is 7.64. The number of hydrogen-bond acceptors (Lipinski definition) is 5. The van der Waals surface area contributed by atoms with Gasteiger partial charge in [-0.2, -0.15) is 4.98 Å². The molecule has 0 atom stereocenters. The molecule has 3 aromatic rings. The summed E-state index contributed by atoms with van der Waals surface area (Å²) in [4.78, 5) is 6.33. The summed E-state index contributed by atoms with van der Waals surface area (Å²) in [7, 11) is 3.34. The molecule has 0 N–H and O–H groups in total. The van der Waals surface area contributed by atoms with Crippen LogP contribution in [0.4, 0.5) is 4.39 Å². The highest BCUT2D eigenvalue weighted by atomic mass is 35.5. The maximum absolute atomic E-state index is 13.8. The number of benzene rings is 2. The van der Waals surface area contributed by atoms with E-state index in [4.69, 9.17) is 20.9 Å². The van der Waals surface area contributed by atoms with Crippen LogP contribution in [-0.2, 0) is 13.1 Å². The third-order valence-electron chi connectivity index (χ3n) is 3.62. The Labute approximate surface area is 150 Å². The number of nitrogens with zero attached hydrogens (tertiary/aromatic N) is 3. The predicted molar refractivity (Wildman–Crippen MR) is 92.9 cm³/mol. The Kier molecular flexibility index (Phi) is 5.31. The Balaban J connectivity index is 1.65. The zero-order valence-electron chi connectivity index (χ0n) is 13.9. The highest BCUT2D eigenvalue weighted by Gasteiger charge is 2.12. The van der Waals surface area contributed by atoms with Crippen molar-refractivity contribution in [2.45, 2.75) is 13.1 Å². The molecule has 0 aliphatic rings. The number of ether oxygens (including phenoxy) is 1. The van der Waals surface area contributed by atoms with Gasteiger partial charge in [-0.3, -0.25) is 4.90 Å². The molecular formula is C18H17ClFN3O2. The van der Waals surface area contributed by atoms with Gasteiger partial charge < -0.3 is 9.26 Å². The van der Waals surface area contributed by atoms with Gasteiger partial charge in [0.05, 0.1) is 13.7 Å². The summed E-state index contributed by atoms with van der Waals surface area (Å²) in [6.07, 6.45) is 0. The van der Waals surface area contributed by atoms with Crippen molar-refractivity contribution in [2.75, 3.05) is 14.2 Å². The van der Waals surface area contributed by atoms with Crippen LogP contribution in [0.1, 0.15) is 11.5 Å². The van der Waals surface area contributed by atoms with E-state index in [9.17, 15) is 4.39 Å². The number of rotatable bonds is 6. The fourth-order valence-electron chi connectivity index (χ4n) is 2.47. The average Bonchev–Trinajstić information content (AvgIpc) is 3.03. The van der Waals surface area contributed by atoms with Crippen LogP contribution in [0.3, 0.4) is 0 Å². The lowest BCUT2D eigenvalue weighted by Crippen LogP contribution is -2.17. The second kappa shape index (κ2) is 7.63. The zero-order chi connectivity index (χ0) is 17.8. The minimum Gasteiger partial charge on any atom is -0.494 e. The van der Waals surface area contributed by atoms with Gasteiger partial charge in [0.1, 0.15) is 0 Å². The summed E-state index contributed by atoms with van der Waals surface area (Å²) in [5.41, 5.74) is 1.62. The molecule has 0 bridgehead atoms. The number of hydrogen-bond donors (Lipinski definition) is 0. The van der Waals surface area contributed by atoms with Crippen LogP contribution in [0.15, 0.2) is 47.0 Å². The van der Waals surface area contributed by atoms with Crippen molar-refractivity contribution in [1.82, 2.24) is 15.0 Å². The van der Waals surface area contributed by atoms with Crippen LogP contribution < -0.4 is 4.74 Å². The Bertz CT molecular complexity index is 869. The van der Waals surface area contributed by atoms with Crippen LogP contribution in [0.2, 0.25) is 5.02 Å². The van der Waals surface area contributed by atoms with Crippen LogP contribution in [-0.4, -0.2) is 29.2 Å². The Hall–Kier alpha value is -2.44. The highest BCUT2D eigenvalue weighted by molar-refractivity contribution is 6.30. The zero-order valence-corrected chi connectivity index (χ0v) is 14.6. The molecule has 25 heavy (non-hydrogen) atoms. The number of aromatic nitrogens is 2. The van der Waals surface area contributed by atoms with E-state index < -0.39 is 0 Å². The van der Waals surface area contributed by atoms with Crippen molar-refractivity contribution in [3.8, 4) is 17.1 Å². The summed E-state index contributed by atoms with van der Waals surface area (Å²) in [6, 6.07) is 12.2. The van der Waals surface area contributed by atoms with E-state index in [0.717, 1.165) is 11.1 Å². The quantitative estimate of drug-likeness (QED) is 0.659. The molecular weight excluding hydrogens is 345 g/mol. The third-order valence-corrected chi connectivity index (χ3v) is 3.86. The normalized spacial score (nSPS) is 11.1. The van der Waals surface area contributed by atoms with E-state index in [0.29, 0.717) is 29.8 Å². The van der Waals surface area contributed by atoms with E-state index in [2.05, 4.69) is 10.1 Å². The first-order chi connectivity index (χ1) is 12.0. The molecule has 0 amide bonds. The first-order valence-corrected chi connectivity index (χ1v) is 8.02. The van der Waals surface area contributed by atoms with Gasteiger partial charge >= 0.3 is 0 Å². The summed E-state index contributed by atoms with van der Waals surface area (Å²) in [5.74, 6) is 0.816. The Morgan fingerprint density at radius 1 is 1.20 bits per heavy atom. The lowest BCUT2D eigenvalue weighted by Gasteiger charge is -2.14. The molecule has 130 valence electrons. The lowest BCUT2D eigenvalue weighted by atomic mass is 10.2. The summed E-state index contributed by atoms with van der Waals surface area (Å²) < 4.78 is 24.0. The fraction of sp³-hybridized carbons (Fsp3) is 0.222. The largest absolute Gasteiger partial charge is 0.494 e. The SMILES string of the molecule is COc1ccc(CN(C)Cc2nc(-c3cccc(Cl)c3)no2)cc1F. The van der Waals surface area contributed by atoms with Crippen molar-refractivity contribution < 1.29 is 13.7 Å². The molecule has 1 heterocycles. The van der Waals surface area contributed by atoms with Gasteiger partial charge in [0.15, 0.2) is 11.6 Å². The summed E-state index contributed by atoms with van der Waals surface area (Å²) >= 11 is 5.98. The second-order valence-corrected chi connectivity index (χ2v) is 6.10. The topological polar surface area (TPSA) is 51.4 Å². The monoisotopic (exact) mass is 361 g/mol. The van der Waals surface area contributed by atoms with Gasteiger partial charge in [0, 0.05) is 17.1 Å². The molecule has 0 saturated carbocycles. The Morgan fingerprint density at radius 3 is 2.76 bits per heavy atom. The average molecular weight is 362 g/mol. The molecule has 1 aromatic heterocycles. The minimum absolute atomic E-state index is 0.231. The summed E-state index contributed by atoms with van der Waals surface area (Å²) in [6.45, 7) is 0.983. The lowest BCUT2D eigenvalue weighted by molar-refractivity contribution is 0.260. The third kappa shape index (κ3) is 4.35. The van der Waals surface area contributed by atoms with E-state index in [-0.39, 0.29) is 11.6 Å². The molecule has 0 fully saturated rings. The van der Waals surface area contributed by atoms with Crippen LogP contribution >= 0.6 is 11.6 Å². The molecule has 5 nitrogen and oxygen atoms in total. The van der Waals surface area contributed by atoms with Crippen LogP contribution in [0, 0.1) is 5.82 Å². The molecule has 3 rings (SSSR count). The number of halogens is 2. The van der Waals surface area contributed by atoms with Gasteiger partial charge in [-0.25, -0.2) is 4.39 Å². The van der Waals surface area contributed by atoms with Crippen molar-refractivity contribution in [1.29, 1.82) is 0 Å². The summed E-state index contributed by atoms with van der Waals surface area (Å²) in [5, 5.41) is 4.59. The predicted octanol–water partition coefficient (Wildman–Crippen LogP) is 4.17. The second-order valence-electron chi connectivity index (χ2n) is 5.66. The highest BCUT2D eigenvalue weighted by Crippen LogP contribution is 2.21. The van der Waals surface area contributed by atoms with E-state index >= 15 is 0 Å². The van der Waals surface area contributed by atoms with Gasteiger partial charge in [-0.1, -0.05) is 35.0 Å². The van der Waals surface area contributed by atoms with Crippen molar-refractivity contribution >= 4 is 11.6 Å². The maximum Gasteiger partial charge on any atom is 0.241 e. The standard InChI is InChI=1S/C18H17ClFN3O2/c1-23(10-12-6-7-16(24-2)15(20)8-12)11-17-21-18(22-25-17)13-4-3-5-14(19)9-13/h3-9H,10-11H2,1-2H3. The molecule has 7 heteroatoms. The van der Waals surface area contributed by atoms with Crippen LogP contribution in [0.25, 0.3) is 11.4 Å². The van der Waals surface area contributed by atoms with E-state index in [1.165, 1.54) is 13.2 Å². The molecule has 0 unspecified atom stereocenters. The molecule has 2 aromatic carbocycles. The van der Waals surface area contributed by atoms with E-state index in [1.54, 1.807) is 18.2 Å². The van der Waals surface area contributed by atoms with Gasteiger partial charge in [0.2, 0.25) is 11.7 Å². The van der Waals surface area contributed by atoms with Gasteiger partial charge in [0.25, 0.3) is 0 Å². The molecule has 0 radical (unpaired) electrons. The van der Waals surface area contributed by atoms with Gasteiger partial charge in [-0.05, 0) is 36.9 Å². The number of methoxy groups -OCH3 is 1. The smallest absolute Gasteiger partial charge is 0.241 e. The van der Waals surface area contributed by atoms with E-state index in [1.807, 2.05) is 30.1 Å². The van der Waals surface area contributed by atoms with Crippen LogP contribution in [0.5, 0.6) is 5.75 Å². The molecule has 0 saturated heterocycles. The first kappa shape index (κ1) is 17.4. The van der Waals surface area contributed by atoms with Crippen molar-refractivity contribution in [3.05, 3.63) is 64.8 Å². The molecule has 0 aliphatic carbocycles. The van der Waals surface area contributed by atoms with Crippen molar-refractivity contribution in [2.24, 2.45) is 0 Å². The maximum atomic E-state index is 13.8. The minimum atomic E-state index is -0.380. The van der Waals surface area contributed by atoms with Crippen molar-refractivity contribution in [3.63, 3.8) is 0 Å². The molecule has 0 aliphatic heterocycles. The Morgan fingerprint density at radius 2 is 2.04 bits per heavy atom.